The molecule has 3 aliphatic carbocycles. The molecule has 4 bridgehead atoms. The van der Waals surface area contributed by atoms with Crippen molar-refractivity contribution in [2.45, 2.75) is 75.4 Å². The number of hydrogen-bond donors (Lipinski definition) is 1. The zero-order chi connectivity index (χ0) is 15.4. The third kappa shape index (κ3) is 1.63. The van der Waals surface area contributed by atoms with Crippen LogP contribution in [0.5, 0.6) is 0 Å². The molecule has 0 amide bonds. The molecule has 1 N–H and O–H groups in total. The van der Waals surface area contributed by atoms with Gasteiger partial charge in [0, 0.05) is 0 Å². The van der Waals surface area contributed by atoms with Crippen molar-refractivity contribution in [2.24, 2.45) is 17.3 Å². The minimum absolute atomic E-state index is 0.0347. The van der Waals surface area contributed by atoms with Crippen LogP contribution in [-0.4, -0.2) is 36.0 Å². The lowest BCUT2D eigenvalue weighted by atomic mass is 9.49. The Balaban J connectivity index is 1.87. The van der Waals surface area contributed by atoms with Gasteiger partial charge in [0.25, 0.3) is 0 Å². The van der Waals surface area contributed by atoms with Gasteiger partial charge in [-0.05, 0) is 63.2 Å². The highest BCUT2D eigenvalue weighted by Gasteiger charge is 2.75. The molecule has 4 fully saturated rings. The summed E-state index contributed by atoms with van der Waals surface area (Å²) in [6.07, 6.45) is 10.5. The van der Waals surface area contributed by atoms with Crippen LogP contribution in [0.25, 0.3) is 0 Å². The summed E-state index contributed by atoms with van der Waals surface area (Å²) in [6, 6.07) is 0. The van der Waals surface area contributed by atoms with Gasteiger partial charge in [0.15, 0.2) is 0 Å². The summed E-state index contributed by atoms with van der Waals surface area (Å²) in [5.74, 6) is 0.845. The molecule has 3 saturated carbocycles. The number of aliphatic hydroxyl groups is 1. The highest BCUT2D eigenvalue weighted by molar-refractivity contribution is 5.80. The Bertz CT molecular complexity index is 454. The summed E-state index contributed by atoms with van der Waals surface area (Å²) in [6.45, 7) is 0.0347. The van der Waals surface area contributed by atoms with E-state index in [0.717, 1.165) is 44.9 Å². The van der Waals surface area contributed by atoms with E-state index in [2.05, 4.69) is 0 Å². The molecule has 0 aromatic heterocycles. The largest absolute Gasteiger partial charge is 0.469 e. The summed E-state index contributed by atoms with van der Waals surface area (Å²) >= 11 is 0. The molecule has 0 aromatic carbocycles. The Morgan fingerprint density at radius 1 is 1.14 bits per heavy atom. The maximum Gasteiger partial charge on any atom is 0.314 e. The minimum Gasteiger partial charge on any atom is -0.469 e. The fourth-order valence-corrected chi connectivity index (χ4v) is 6.66. The molecule has 1 aliphatic heterocycles. The highest BCUT2D eigenvalue weighted by atomic mass is 16.6. The number of methoxy groups -OCH3 is 1. The van der Waals surface area contributed by atoms with Crippen LogP contribution in [0.15, 0.2) is 0 Å². The van der Waals surface area contributed by atoms with Gasteiger partial charge >= 0.3 is 5.97 Å². The third-order valence-electron chi connectivity index (χ3n) is 7.28. The first-order chi connectivity index (χ1) is 10.6. The monoisotopic (exact) mass is 308 g/mol. The predicted octanol–water partition coefficient (Wildman–Crippen LogP) is 2.82. The van der Waals surface area contributed by atoms with E-state index in [-0.39, 0.29) is 18.2 Å². The van der Waals surface area contributed by atoms with E-state index in [1.807, 2.05) is 0 Å². The van der Waals surface area contributed by atoms with Gasteiger partial charge in [0.05, 0.1) is 24.9 Å². The van der Waals surface area contributed by atoms with Crippen LogP contribution in [0.4, 0.5) is 0 Å². The number of ether oxygens (including phenoxy) is 2. The SMILES string of the molecule is COC(=O)[C@@]12CCC[C@@](CO)(C1)OC21C2CCCC1CCC2. The first-order valence-corrected chi connectivity index (χ1v) is 9.02. The number of carbonyl (C=O) groups excluding carboxylic acids is 1. The van der Waals surface area contributed by atoms with Gasteiger partial charge in [-0.2, -0.15) is 0 Å². The molecule has 22 heavy (non-hydrogen) atoms. The van der Waals surface area contributed by atoms with Crippen LogP contribution in [0.3, 0.4) is 0 Å². The Kier molecular flexibility index (Phi) is 3.36. The summed E-state index contributed by atoms with van der Waals surface area (Å²) < 4.78 is 12.1. The van der Waals surface area contributed by atoms with Crippen molar-refractivity contribution in [3.8, 4) is 0 Å². The van der Waals surface area contributed by atoms with Crippen molar-refractivity contribution >= 4 is 5.97 Å². The molecule has 124 valence electrons. The first-order valence-electron chi connectivity index (χ1n) is 9.02. The summed E-state index contributed by atoms with van der Waals surface area (Å²) in [7, 11) is 1.51. The van der Waals surface area contributed by atoms with E-state index in [1.54, 1.807) is 0 Å². The van der Waals surface area contributed by atoms with Gasteiger partial charge < -0.3 is 14.6 Å². The van der Waals surface area contributed by atoms with E-state index in [1.165, 1.54) is 20.0 Å². The smallest absolute Gasteiger partial charge is 0.314 e. The van der Waals surface area contributed by atoms with Crippen LogP contribution in [0.1, 0.15) is 64.2 Å². The molecule has 1 saturated heterocycles. The molecule has 1 heterocycles. The topological polar surface area (TPSA) is 55.8 Å². The van der Waals surface area contributed by atoms with Gasteiger partial charge in [0.1, 0.15) is 5.41 Å². The maximum atomic E-state index is 12.9. The molecular weight excluding hydrogens is 280 g/mol. The van der Waals surface area contributed by atoms with Crippen molar-refractivity contribution in [3.05, 3.63) is 0 Å². The number of rotatable bonds is 2. The Labute approximate surface area is 132 Å². The lowest BCUT2D eigenvalue weighted by Crippen LogP contribution is -2.62. The fraction of sp³-hybridized carbons (Fsp3) is 0.944. The number of aliphatic hydroxyl groups excluding tert-OH is 1. The van der Waals surface area contributed by atoms with Gasteiger partial charge in [-0.1, -0.05) is 12.8 Å². The highest BCUT2D eigenvalue weighted by Crippen LogP contribution is 2.69. The maximum absolute atomic E-state index is 12.9. The van der Waals surface area contributed by atoms with Crippen molar-refractivity contribution in [2.75, 3.05) is 13.7 Å². The quantitative estimate of drug-likeness (QED) is 0.797. The molecule has 1 spiro atoms. The zero-order valence-corrected chi connectivity index (χ0v) is 13.6. The summed E-state index contributed by atoms with van der Waals surface area (Å²) in [5.41, 5.74) is -1.38. The number of esters is 1. The molecule has 4 nitrogen and oxygen atoms in total. The van der Waals surface area contributed by atoms with E-state index >= 15 is 0 Å². The van der Waals surface area contributed by atoms with Gasteiger partial charge in [-0.3, -0.25) is 4.79 Å². The Morgan fingerprint density at radius 3 is 2.32 bits per heavy atom. The molecule has 0 unspecified atom stereocenters. The predicted molar refractivity (Wildman–Crippen MR) is 81.2 cm³/mol. The molecule has 4 rings (SSSR count). The van der Waals surface area contributed by atoms with Crippen molar-refractivity contribution in [3.63, 3.8) is 0 Å². The Morgan fingerprint density at radius 2 is 1.77 bits per heavy atom. The Hall–Kier alpha value is -0.610. The van der Waals surface area contributed by atoms with Crippen molar-refractivity contribution in [1.29, 1.82) is 0 Å². The molecule has 4 aliphatic rings. The molecule has 0 aromatic rings. The van der Waals surface area contributed by atoms with Gasteiger partial charge in [0.2, 0.25) is 0 Å². The lowest BCUT2D eigenvalue weighted by molar-refractivity contribution is -0.226. The third-order valence-corrected chi connectivity index (χ3v) is 7.28. The normalized spacial score (nSPS) is 50.1. The van der Waals surface area contributed by atoms with E-state index in [0.29, 0.717) is 18.3 Å². The zero-order valence-electron chi connectivity index (χ0n) is 13.6. The standard InChI is InChI=1S/C18H28O4/c1-21-15(20)17-10-4-9-16(11-17,12-19)22-18(17)13-5-2-6-14(18)8-3-7-13/h13-14,19H,2-12H2,1H3/t13?,14?,16-,17+,18?/m0/s1. The summed E-state index contributed by atoms with van der Waals surface area (Å²) in [5, 5.41) is 10.0. The minimum atomic E-state index is -0.515. The first kappa shape index (κ1) is 14.9. The number of carbonyl (C=O) groups is 1. The second-order valence-electron chi connectivity index (χ2n) is 8.10. The van der Waals surface area contributed by atoms with Gasteiger partial charge in [-0.15, -0.1) is 0 Å². The molecule has 4 heteroatoms. The van der Waals surface area contributed by atoms with Crippen LogP contribution in [0, 0.1) is 17.3 Å². The van der Waals surface area contributed by atoms with Crippen LogP contribution in [0.2, 0.25) is 0 Å². The average Bonchev–Trinajstić information content (AvgIpc) is 2.72. The van der Waals surface area contributed by atoms with Crippen LogP contribution >= 0.6 is 0 Å². The molecule has 0 radical (unpaired) electrons. The second-order valence-corrected chi connectivity index (χ2v) is 8.10. The van der Waals surface area contributed by atoms with E-state index < -0.39 is 11.0 Å². The van der Waals surface area contributed by atoms with Crippen LogP contribution in [-0.2, 0) is 14.3 Å². The van der Waals surface area contributed by atoms with Crippen molar-refractivity contribution in [1.82, 2.24) is 0 Å². The molecular formula is C18H28O4. The lowest BCUT2D eigenvalue weighted by Gasteiger charge is -2.57. The number of hydrogen-bond acceptors (Lipinski definition) is 4. The van der Waals surface area contributed by atoms with Crippen molar-refractivity contribution < 1.29 is 19.4 Å². The molecule has 2 atom stereocenters. The fourth-order valence-electron chi connectivity index (χ4n) is 6.66. The number of fused-ring (bicyclic) bond motifs is 2. The second kappa shape index (κ2) is 4.94. The van der Waals surface area contributed by atoms with Crippen LogP contribution < -0.4 is 0 Å². The van der Waals surface area contributed by atoms with E-state index in [4.69, 9.17) is 9.47 Å². The average molecular weight is 308 g/mol. The van der Waals surface area contributed by atoms with Gasteiger partial charge in [-0.25, -0.2) is 0 Å². The summed E-state index contributed by atoms with van der Waals surface area (Å²) in [4.78, 5) is 12.9. The van der Waals surface area contributed by atoms with E-state index in [9.17, 15) is 9.90 Å².